The van der Waals surface area contributed by atoms with Crippen molar-refractivity contribution in [1.29, 1.82) is 0 Å². The van der Waals surface area contributed by atoms with E-state index in [4.69, 9.17) is 9.47 Å². The van der Waals surface area contributed by atoms with Crippen LogP contribution in [0.3, 0.4) is 0 Å². The third-order valence-electron chi connectivity index (χ3n) is 10.3. The van der Waals surface area contributed by atoms with E-state index in [1.807, 2.05) is 30.3 Å². The molecule has 4 heterocycles. The maximum atomic E-state index is 14.7. The van der Waals surface area contributed by atoms with Crippen molar-refractivity contribution in [3.8, 4) is 17.0 Å². The molecule has 1 N–H and O–H groups in total. The first-order chi connectivity index (χ1) is 24.9. The average Bonchev–Trinajstić information content (AvgIpc) is 3.60. The van der Waals surface area contributed by atoms with Crippen molar-refractivity contribution < 1.29 is 36.4 Å². The van der Waals surface area contributed by atoms with Gasteiger partial charge >= 0.3 is 6.18 Å². The summed E-state index contributed by atoms with van der Waals surface area (Å²) in [5.41, 5.74) is 3.40. The molecule has 1 unspecified atom stereocenters. The highest BCUT2D eigenvalue weighted by molar-refractivity contribution is 7.84. The van der Waals surface area contributed by atoms with Crippen molar-refractivity contribution >= 4 is 45.4 Å². The molecule has 10 nitrogen and oxygen atoms in total. The largest absolute Gasteiger partial charge is 0.497 e. The number of morpholine rings is 1. The van der Waals surface area contributed by atoms with Crippen LogP contribution in [0.5, 0.6) is 5.75 Å². The van der Waals surface area contributed by atoms with Gasteiger partial charge in [0.2, 0.25) is 0 Å². The van der Waals surface area contributed by atoms with E-state index >= 15 is 0 Å². The van der Waals surface area contributed by atoms with Crippen LogP contribution in [-0.2, 0) is 35.5 Å². The molecule has 0 spiro atoms. The molecule has 2 fully saturated rings. The first-order valence-corrected chi connectivity index (χ1v) is 18.9. The van der Waals surface area contributed by atoms with Crippen LogP contribution >= 0.6 is 0 Å². The van der Waals surface area contributed by atoms with E-state index in [1.54, 1.807) is 33.1 Å². The smallest absolute Gasteiger partial charge is 0.435 e. The molecular weight excluding hydrogens is 696 g/mol. The number of amides is 2. The normalized spacial score (nSPS) is 17.4. The zero-order valence-corrected chi connectivity index (χ0v) is 30.5. The number of nitrogens with zero attached hydrogens (tertiary/aromatic N) is 4. The molecule has 1 saturated carbocycles. The number of allylic oxidation sites excluding steroid dienone is 1. The van der Waals surface area contributed by atoms with Gasteiger partial charge in [-0.2, -0.15) is 18.3 Å². The van der Waals surface area contributed by atoms with Crippen LogP contribution in [-0.4, -0.2) is 73.9 Å². The highest BCUT2D eigenvalue weighted by Gasteiger charge is 2.43. The molecule has 0 radical (unpaired) electrons. The number of rotatable bonds is 7. The third-order valence-corrected chi connectivity index (χ3v) is 11.5. The Morgan fingerprint density at radius 3 is 2.44 bits per heavy atom. The number of nitrogens with one attached hydrogen (secondary N) is 1. The standard InChI is InChI=1S/C38H42F3N5O5S/c1-22(2)52(49)43-36(47)24-10-12-29-30(20-24)46-21-26(33-32(35(38(39,40)41)42-44(33)3)37(48)45-14-16-51-17-15-45)18-25-19-27(50-4)11-13-28(25)34(46)31(29)23-8-6-5-7-9-23/h10-13,18-20,22-23H,5-9,14-17,21H2,1-4H3,(H,43,47). The van der Waals surface area contributed by atoms with E-state index in [-0.39, 0.29) is 49.7 Å². The fraction of sp³-hybridized carbons (Fsp3) is 0.447. The summed E-state index contributed by atoms with van der Waals surface area (Å²) in [7, 11) is 1.39. The number of aryl methyl sites for hydroxylation is 1. The van der Waals surface area contributed by atoms with Crippen LogP contribution in [0.4, 0.5) is 13.2 Å². The maximum absolute atomic E-state index is 14.7. The molecule has 1 aliphatic carbocycles. The second kappa shape index (κ2) is 14.2. The summed E-state index contributed by atoms with van der Waals surface area (Å²) >= 11 is 0. The lowest BCUT2D eigenvalue weighted by Gasteiger charge is -2.27. The summed E-state index contributed by atoms with van der Waals surface area (Å²) in [6.07, 6.45) is 2.17. The van der Waals surface area contributed by atoms with Crippen LogP contribution in [0.1, 0.15) is 95.1 Å². The number of aromatic nitrogens is 3. The van der Waals surface area contributed by atoms with Crippen LogP contribution in [0, 0.1) is 0 Å². The molecule has 2 aromatic heterocycles. The summed E-state index contributed by atoms with van der Waals surface area (Å²) in [6.45, 7) is 4.36. The predicted octanol–water partition coefficient (Wildman–Crippen LogP) is 6.95. The number of hydrogen-bond donors (Lipinski definition) is 1. The lowest BCUT2D eigenvalue weighted by Crippen LogP contribution is -2.41. The van der Waals surface area contributed by atoms with Gasteiger partial charge in [-0.25, -0.2) is 4.21 Å². The van der Waals surface area contributed by atoms with Gasteiger partial charge in [-0.05, 0) is 85.7 Å². The van der Waals surface area contributed by atoms with Gasteiger partial charge in [0.15, 0.2) is 5.69 Å². The van der Waals surface area contributed by atoms with Gasteiger partial charge in [0.25, 0.3) is 11.8 Å². The molecule has 1 saturated heterocycles. The number of halogens is 3. The second-order valence-corrected chi connectivity index (χ2v) is 15.7. The number of hydrogen-bond acceptors (Lipinski definition) is 6. The molecule has 1 atom stereocenters. The maximum Gasteiger partial charge on any atom is 0.435 e. The van der Waals surface area contributed by atoms with Crippen molar-refractivity contribution in [2.24, 2.45) is 7.05 Å². The molecule has 2 aliphatic heterocycles. The van der Waals surface area contributed by atoms with E-state index in [0.717, 1.165) is 64.6 Å². The van der Waals surface area contributed by atoms with E-state index in [0.29, 0.717) is 22.4 Å². The number of ether oxygens (including phenoxy) is 2. The van der Waals surface area contributed by atoms with Gasteiger partial charge in [0.1, 0.15) is 16.7 Å². The molecule has 2 aromatic carbocycles. The fourth-order valence-corrected chi connectivity index (χ4v) is 8.35. The topological polar surface area (TPSA) is 108 Å². The molecule has 4 aromatic rings. The van der Waals surface area contributed by atoms with Crippen LogP contribution in [0.25, 0.3) is 33.8 Å². The number of carbonyl (C=O) groups is 2. The molecular formula is C38H42F3N5O5S. The van der Waals surface area contributed by atoms with Crippen molar-refractivity contribution in [3.63, 3.8) is 0 Å². The summed E-state index contributed by atoms with van der Waals surface area (Å²) < 4.78 is 73.5. The first-order valence-electron chi connectivity index (χ1n) is 17.7. The number of methoxy groups -OCH3 is 1. The minimum atomic E-state index is -4.89. The lowest BCUT2D eigenvalue weighted by atomic mass is 9.81. The monoisotopic (exact) mass is 737 g/mol. The first kappa shape index (κ1) is 36.0. The second-order valence-electron chi connectivity index (χ2n) is 13.9. The zero-order chi connectivity index (χ0) is 36.9. The molecule has 3 aliphatic rings. The Kier molecular flexibility index (Phi) is 9.81. The molecule has 2 amide bonds. The number of fused-ring (bicyclic) bond motifs is 5. The van der Waals surface area contributed by atoms with Gasteiger partial charge in [-0.1, -0.05) is 25.3 Å². The summed E-state index contributed by atoms with van der Waals surface area (Å²) in [5, 5.41) is 4.58. The highest BCUT2D eigenvalue weighted by Crippen LogP contribution is 2.48. The van der Waals surface area contributed by atoms with Gasteiger partial charge < -0.3 is 18.9 Å². The predicted molar refractivity (Wildman–Crippen MR) is 193 cm³/mol. The van der Waals surface area contributed by atoms with Crippen molar-refractivity contribution in [1.82, 2.24) is 24.0 Å². The van der Waals surface area contributed by atoms with Crippen molar-refractivity contribution in [2.75, 3.05) is 33.4 Å². The summed E-state index contributed by atoms with van der Waals surface area (Å²) in [4.78, 5) is 28.9. The Labute approximate surface area is 302 Å². The molecule has 0 bridgehead atoms. The third kappa shape index (κ3) is 6.55. The number of carbonyl (C=O) groups excluding carboxylic acids is 2. The van der Waals surface area contributed by atoms with Crippen LogP contribution in [0.2, 0.25) is 0 Å². The molecule has 7 rings (SSSR count). The Balaban J connectivity index is 1.49. The number of benzene rings is 2. The molecule has 276 valence electrons. The minimum Gasteiger partial charge on any atom is -0.497 e. The van der Waals surface area contributed by atoms with Crippen molar-refractivity contribution in [3.05, 3.63) is 70.0 Å². The Morgan fingerprint density at radius 2 is 1.77 bits per heavy atom. The van der Waals surface area contributed by atoms with Crippen LogP contribution < -0.4 is 9.46 Å². The Hall–Kier alpha value is -4.43. The van der Waals surface area contributed by atoms with Gasteiger partial charge in [-0.15, -0.1) is 0 Å². The Morgan fingerprint density at radius 1 is 1.04 bits per heavy atom. The lowest BCUT2D eigenvalue weighted by molar-refractivity contribution is -0.141. The van der Waals surface area contributed by atoms with Crippen LogP contribution in [0.15, 0.2) is 36.4 Å². The SMILES string of the molecule is COc1ccc2c(c1)C=C(c1c(C(=O)N3CCOCC3)c(C(F)(F)F)nn1C)Cn1c-2c(C2CCCCC2)c2ccc(C(=O)NS(=O)C(C)C)cc21. The van der Waals surface area contributed by atoms with Gasteiger partial charge in [0.05, 0.1) is 43.8 Å². The van der Waals surface area contributed by atoms with E-state index in [1.165, 1.54) is 11.9 Å². The van der Waals surface area contributed by atoms with Crippen molar-refractivity contribution in [2.45, 2.75) is 69.8 Å². The minimum absolute atomic E-state index is 0.0627. The van der Waals surface area contributed by atoms with E-state index in [2.05, 4.69) is 14.4 Å². The highest BCUT2D eigenvalue weighted by atomic mass is 32.2. The fourth-order valence-electron chi connectivity index (χ4n) is 7.81. The van der Waals surface area contributed by atoms with Gasteiger partial charge in [-0.3, -0.25) is 19.0 Å². The number of alkyl halides is 3. The molecule has 52 heavy (non-hydrogen) atoms. The average molecular weight is 738 g/mol. The van der Waals surface area contributed by atoms with E-state index in [9.17, 15) is 27.0 Å². The summed E-state index contributed by atoms with van der Waals surface area (Å²) in [6, 6.07) is 11.1. The zero-order valence-electron chi connectivity index (χ0n) is 29.6. The summed E-state index contributed by atoms with van der Waals surface area (Å²) in [5.74, 6) is -0.463. The molecule has 14 heteroatoms. The quantitative estimate of drug-likeness (QED) is 0.220. The van der Waals surface area contributed by atoms with E-state index < -0.39 is 40.2 Å². The Bertz CT molecular complexity index is 2110. The van der Waals surface area contributed by atoms with Gasteiger partial charge in [0, 0.05) is 47.4 Å².